The Labute approximate surface area is 83.1 Å². The lowest BCUT2D eigenvalue weighted by atomic mass is 9.73. The maximum absolute atomic E-state index is 10.3. The SMILES string of the molecule is CC1CC(N=C=O)CCC1(C)N=C=O. The smallest absolute Gasteiger partial charge is 0.211 e. The summed E-state index contributed by atoms with van der Waals surface area (Å²) >= 11 is 0. The van der Waals surface area contributed by atoms with E-state index in [0.29, 0.717) is 0 Å². The van der Waals surface area contributed by atoms with E-state index in [1.54, 1.807) is 12.2 Å². The summed E-state index contributed by atoms with van der Waals surface area (Å²) in [5, 5.41) is 0. The average molecular weight is 194 g/mol. The van der Waals surface area contributed by atoms with Crippen molar-refractivity contribution in [3.63, 3.8) is 0 Å². The first kappa shape index (κ1) is 10.8. The third kappa shape index (κ3) is 2.16. The summed E-state index contributed by atoms with van der Waals surface area (Å²) in [6.45, 7) is 3.97. The molecular weight excluding hydrogens is 180 g/mol. The number of aliphatic imine (C=N–C) groups is 2. The molecule has 0 bridgehead atoms. The molecule has 0 N–H and O–H groups in total. The van der Waals surface area contributed by atoms with Gasteiger partial charge >= 0.3 is 0 Å². The lowest BCUT2D eigenvalue weighted by Gasteiger charge is -2.37. The van der Waals surface area contributed by atoms with Crippen LogP contribution >= 0.6 is 0 Å². The lowest BCUT2D eigenvalue weighted by Crippen LogP contribution is -2.38. The molecule has 14 heavy (non-hydrogen) atoms. The van der Waals surface area contributed by atoms with Gasteiger partial charge in [0.2, 0.25) is 12.2 Å². The van der Waals surface area contributed by atoms with E-state index in [0.717, 1.165) is 19.3 Å². The quantitative estimate of drug-likeness (QED) is 0.495. The van der Waals surface area contributed by atoms with Crippen LogP contribution in [-0.2, 0) is 9.59 Å². The zero-order valence-corrected chi connectivity index (χ0v) is 8.49. The molecule has 0 aromatic rings. The molecule has 0 aromatic carbocycles. The van der Waals surface area contributed by atoms with Gasteiger partial charge in [0.1, 0.15) is 0 Å². The third-order valence-electron chi connectivity index (χ3n) is 3.21. The molecule has 3 atom stereocenters. The number of rotatable bonds is 2. The fourth-order valence-corrected chi connectivity index (χ4v) is 1.95. The van der Waals surface area contributed by atoms with E-state index in [9.17, 15) is 9.59 Å². The molecule has 1 aliphatic rings. The Morgan fingerprint density at radius 3 is 2.57 bits per heavy atom. The highest BCUT2D eigenvalue weighted by Crippen LogP contribution is 2.37. The molecule has 0 aliphatic heterocycles. The monoisotopic (exact) mass is 194 g/mol. The van der Waals surface area contributed by atoms with Crippen LogP contribution in [0.3, 0.4) is 0 Å². The zero-order valence-electron chi connectivity index (χ0n) is 8.49. The number of carbonyl (C=O) groups excluding carboxylic acids is 2. The molecule has 0 saturated heterocycles. The summed E-state index contributed by atoms with van der Waals surface area (Å²) in [5.41, 5.74) is -0.323. The summed E-state index contributed by atoms with van der Waals surface area (Å²) in [7, 11) is 0. The van der Waals surface area contributed by atoms with Crippen molar-refractivity contribution in [1.29, 1.82) is 0 Å². The van der Waals surface area contributed by atoms with Crippen LogP contribution in [0.1, 0.15) is 33.1 Å². The summed E-state index contributed by atoms with van der Waals surface area (Å²) in [6, 6.07) is 0.0532. The molecule has 0 aromatic heterocycles. The average Bonchev–Trinajstić information content (AvgIpc) is 2.13. The van der Waals surface area contributed by atoms with Crippen molar-refractivity contribution < 1.29 is 9.59 Å². The first-order chi connectivity index (χ1) is 6.62. The largest absolute Gasteiger partial charge is 0.235 e. The van der Waals surface area contributed by atoms with Crippen LogP contribution in [0.15, 0.2) is 9.98 Å². The number of isocyanates is 2. The van der Waals surface area contributed by atoms with Crippen molar-refractivity contribution in [1.82, 2.24) is 0 Å². The van der Waals surface area contributed by atoms with Gasteiger partial charge in [0, 0.05) is 0 Å². The summed E-state index contributed by atoms with van der Waals surface area (Å²) in [5.74, 6) is 0.250. The lowest BCUT2D eigenvalue weighted by molar-refractivity contribution is 0.209. The number of nitrogens with zero attached hydrogens (tertiary/aromatic N) is 2. The van der Waals surface area contributed by atoms with Crippen molar-refractivity contribution in [3.8, 4) is 0 Å². The third-order valence-corrected chi connectivity index (χ3v) is 3.21. The van der Waals surface area contributed by atoms with Crippen molar-refractivity contribution in [2.45, 2.75) is 44.7 Å². The Hall–Kier alpha value is -1.24. The van der Waals surface area contributed by atoms with Crippen LogP contribution < -0.4 is 0 Å². The molecule has 4 heteroatoms. The Kier molecular flexibility index (Phi) is 3.34. The van der Waals surface area contributed by atoms with Gasteiger partial charge in [-0.3, -0.25) is 0 Å². The highest BCUT2D eigenvalue weighted by molar-refractivity contribution is 5.35. The molecule has 0 amide bonds. The molecule has 1 saturated carbocycles. The fraction of sp³-hybridized carbons (Fsp3) is 0.800. The van der Waals surface area contributed by atoms with E-state index >= 15 is 0 Å². The van der Waals surface area contributed by atoms with Crippen molar-refractivity contribution in [3.05, 3.63) is 0 Å². The number of hydrogen-bond acceptors (Lipinski definition) is 4. The second kappa shape index (κ2) is 4.32. The van der Waals surface area contributed by atoms with Gasteiger partial charge < -0.3 is 0 Å². The minimum absolute atomic E-state index is 0.0532. The second-order valence-electron chi connectivity index (χ2n) is 4.11. The van der Waals surface area contributed by atoms with Crippen LogP contribution in [-0.4, -0.2) is 23.7 Å². The van der Waals surface area contributed by atoms with Gasteiger partial charge in [0.25, 0.3) is 0 Å². The summed E-state index contributed by atoms with van der Waals surface area (Å²) < 4.78 is 0. The molecule has 1 fully saturated rings. The highest BCUT2D eigenvalue weighted by Gasteiger charge is 2.37. The maximum atomic E-state index is 10.3. The van der Waals surface area contributed by atoms with Crippen LogP contribution in [0.25, 0.3) is 0 Å². The van der Waals surface area contributed by atoms with Crippen molar-refractivity contribution in [2.24, 2.45) is 15.9 Å². The van der Waals surface area contributed by atoms with Gasteiger partial charge in [-0.2, -0.15) is 4.99 Å². The van der Waals surface area contributed by atoms with Crippen LogP contribution in [0.2, 0.25) is 0 Å². The molecule has 1 rings (SSSR count). The molecule has 0 heterocycles. The normalized spacial score (nSPS) is 36.7. The summed E-state index contributed by atoms with van der Waals surface area (Å²) in [6.07, 6.45) is 5.57. The fourth-order valence-electron chi connectivity index (χ4n) is 1.95. The van der Waals surface area contributed by atoms with Crippen molar-refractivity contribution >= 4 is 12.2 Å². The minimum Gasteiger partial charge on any atom is -0.211 e. The Bertz CT molecular complexity index is 303. The highest BCUT2D eigenvalue weighted by atomic mass is 16.1. The van der Waals surface area contributed by atoms with E-state index < -0.39 is 0 Å². The predicted octanol–water partition coefficient (Wildman–Crippen LogP) is 1.61. The van der Waals surface area contributed by atoms with E-state index in [1.165, 1.54) is 0 Å². The summed E-state index contributed by atoms with van der Waals surface area (Å²) in [4.78, 5) is 27.9. The Morgan fingerprint density at radius 2 is 2.07 bits per heavy atom. The number of hydrogen-bond donors (Lipinski definition) is 0. The first-order valence-corrected chi connectivity index (χ1v) is 4.78. The Morgan fingerprint density at radius 1 is 1.36 bits per heavy atom. The van der Waals surface area contributed by atoms with Gasteiger partial charge in [0.15, 0.2) is 0 Å². The Balaban J connectivity index is 2.73. The van der Waals surface area contributed by atoms with Crippen LogP contribution in [0.4, 0.5) is 0 Å². The van der Waals surface area contributed by atoms with Gasteiger partial charge in [-0.15, -0.1) is 0 Å². The van der Waals surface area contributed by atoms with Crippen molar-refractivity contribution in [2.75, 3.05) is 0 Å². The minimum atomic E-state index is -0.323. The van der Waals surface area contributed by atoms with E-state index in [-0.39, 0.29) is 17.5 Å². The zero-order chi connectivity index (χ0) is 10.6. The first-order valence-electron chi connectivity index (χ1n) is 4.78. The molecular formula is C10H14N2O2. The molecule has 3 unspecified atom stereocenters. The van der Waals surface area contributed by atoms with E-state index in [4.69, 9.17) is 0 Å². The van der Waals surface area contributed by atoms with Gasteiger partial charge in [-0.05, 0) is 32.1 Å². The molecule has 0 spiro atoms. The predicted molar refractivity (Wildman–Crippen MR) is 51.5 cm³/mol. The van der Waals surface area contributed by atoms with Gasteiger partial charge in [0.05, 0.1) is 11.6 Å². The van der Waals surface area contributed by atoms with Gasteiger partial charge in [-0.25, -0.2) is 14.6 Å². The van der Waals surface area contributed by atoms with Crippen LogP contribution in [0.5, 0.6) is 0 Å². The topological polar surface area (TPSA) is 58.9 Å². The molecule has 1 aliphatic carbocycles. The van der Waals surface area contributed by atoms with Gasteiger partial charge in [-0.1, -0.05) is 6.92 Å². The molecule has 0 radical (unpaired) electrons. The molecule has 4 nitrogen and oxygen atoms in total. The van der Waals surface area contributed by atoms with E-state index in [2.05, 4.69) is 9.98 Å². The standard InChI is InChI=1S/C10H14N2O2/c1-8-5-9(11-6-13)3-4-10(8,2)12-7-14/h8-9H,3-5H2,1-2H3. The second-order valence-corrected chi connectivity index (χ2v) is 4.11. The van der Waals surface area contributed by atoms with E-state index in [1.807, 2.05) is 13.8 Å². The van der Waals surface area contributed by atoms with Crippen LogP contribution in [0, 0.1) is 5.92 Å². The maximum Gasteiger partial charge on any atom is 0.235 e. The molecule has 76 valence electrons.